The average molecular weight is 262 g/mol. The fourth-order valence-electron chi connectivity index (χ4n) is 1.91. The summed E-state index contributed by atoms with van der Waals surface area (Å²) in [5, 5.41) is 6.69. The van der Waals surface area contributed by atoms with Crippen molar-refractivity contribution in [3.63, 3.8) is 0 Å². The lowest BCUT2D eigenvalue weighted by atomic mass is 10.1. The maximum Gasteiger partial charge on any atom is 0.123 e. The first-order chi connectivity index (χ1) is 8.81. The highest BCUT2D eigenvalue weighted by atomic mass is 32.1. The second-order valence-electron chi connectivity index (χ2n) is 4.09. The van der Waals surface area contributed by atoms with E-state index in [0.29, 0.717) is 0 Å². The van der Waals surface area contributed by atoms with Gasteiger partial charge in [-0.25, -0.2) is 4.98 Å². The normalized spacial score (nSPS) is 12.3. The molecule has 0 bridgehead atoms. The molecule has 1 N–H and O–H groups in total. The third kappa shape index (κ3) is 3.31. The largest absolute Gasteiger partial charge is 0.496 e. The Kier molecular flexibility index (Phi) is 4.73. The van der Waals surface area contributed by atoms with Crippen LogP contribution >= 0.6 is 11.3 Å². The molecule has 1 aromatic carbocycles. The van der Waals surface area contributed by atoms with Crippen LogP contribution in [-0.4, -0.2) is 18.6 Å². The number of para-hydroxylation sites is 1. The van der Waals surface area contributed by atoms with Crippen molar-refractivity contribution < 1.29 is 4.74 Å². The molecule has 4 heteroatoms. The Balaban J connectivity index is 1.89. The van der Waals surface area contributed by atoms with Gasteiger partial charge in [-0.2, -0.15) is 0 Å². The summed E-state index contributed by atoms with van der Waals surface area (Å²) in [4.78, 5) is 4.27. The number of hydrogen-bond acceptors (Lipinski definition) is 4. The third-order valence-corrected chi connectivity index (χ3v) is 3.72. The maximum absolute atomic E-state index is 5.37. The topological polar surface area (TPSA) is 34.1 Å². The first-order valence-electron chi connectivity index (χ1n) is 6.06. The van der Waals surface area contributed by atoms with Gasteiger partial charge in [-0.1, -0.05) is 18.2 Å². The molecule has 3 nitrogen and oxygen atoms in total. The van der Waals surface area contributed by atoms with Crippen molar-refractivity contribution in [1.82, 2.24) is 10.3 Å². The van der Waals surface area contributed by atoms with E-state index in [0.717, 1.165) is 18.7 Å². The van der Waals surface area contributed by atoms with Gasteiger partial charge in [0.2, 0.25) is 0 Å². The van der Waals surface area contributed by atoms with Crippen LogP contribution in [0, 0.1) is 0 Å². The number of hydrogen-bond donors (Lipinski definition) is 1. The number of aromatic nitrogens is 1. The number of nitrogens with one attached hydrogen (secondary N) is 1. The number of ether oxygens (including phenoxy) is 1. The Labute approximate surface area is 112 Å². The van der Waals surface area contributed by atoms with E-state index in [2.05, 4.69) is 23.3 Å². The molecule has 1 heterocycles. The van der Waals surface area contributed by atoms with Crippen molar-refractivity contribution in [1.29, 1.82) is 0 Å². The van der Waals surface area contributed by atoms with Crippen LogP contribution in [0.15, 0.2) is 35.8 Å². The molecule has 2 aromatic rings. The van der Waals surface area contributed by atoms with Gasteiger partial charge in [-0.3, -0.25) is 0 Å². The minimum atomic E-state index is 0.279. The highest BCUT2D eigenvalue weighted by molar-refractivity contribution is 7.09. The molecule has 0 amide bonds. The first-order valence-corrected chi connectivity index (χ1v) is 6.94. The Morgan fingerprint density at radius 3 is 2.94 bits per heavy atom. The van der Waals surface area contributed by atoms with E-state index in [1.165, 1.54) is 10.6 Å². The van der Waals surface area contributed by atoms with Crippen molar-refractivity contribution in [2.75, 3.05) is 13.7 Å². The smallest absolute Gasteiger partial charge is 0.123 e. The molecule has 1 unspecified atom stereocenters. The molecular formula is C14H18N2OS. The highest BCUT2D eigenvalue weighted by Crippen LogP contribution is 2.24. The minimum Gasteiger partial charge on any atom is -0.496 e. The lowest BCUT2D eigenvalue weighted by molar-refractivity contribution is 0.402. The predicted octanol–water partition coefficient (Wildman–Crippen LogP) is 3.05. The summed E-state index contributed by atoms with van der Waals surface area (Å²) in [7, 11) is 1.71. The number of nitrogens with zero attached hydrogens (tertiary/aromatic N) is 1. The number of benzene rings is 1. The molecule has 0 saturated heterocycles. The Morgan fingerprint density at radius 1 is 1.39 bits per heavy atom. The Morgan fingerprint density at radius 2 is 2.22 bits per heavy atom. The number of rotatable bonds is 6. The van der Waals surface area contributed by atoms with Crippen LogP contribution in [-0.2, 0) is 6.42 Å². The van der Waals surface area contributed by atoms with Crippen molar-refractivity contribution >= 4 is 11.3 Å². The van der Waals surface area contributed by atoms with E-state index in [-0.39, 0.29) is 6.04 Å². The van der Waals surface area contributed by atoms with Crippen LogP contribution in [0.5, 0.6) is 5.75 Å². The van der Waals surface area contributed by atoms with Gasteiger partial charge in [-0.05, 0) is 13.0 Å². The molecule has 0 fully saturated rings. The molecule has 2 rings (SSSR count). The number of methoxy groups -OCH3 is 1. The summed E-state index contributed by atoms with van der Waals surface area (Å²) in [6.45, 7) is 3.08. The summed E-state index contributed by atoms with van der Waals surface area (Å²) in [5.41, 5.74) is 1.19. The molecule has 0 aliphatic rings. The Bertz CT molecular complexity index is 470. The second kappa shape index (κ2) is 6.52. The fourth-order valence-corrected chi connectivity index (χ4v) is 2.53. The van der Waals surface area contributed by atoms with Crippen molar-refractivity contribution in [3.8, 4) is 5.75 Å². The minimum absolute atomic E-state index is 0.279. The molecular weight excluding hydrogens is 244 g/mol. The SMILES string of the molecule is COc1ccccc1C(C)NCCc1nccs1. The summed E-state index contributed by atoms with van der Waals surface area (Å²) in [5.74, 6) is 0.937. The Hall–Kier alpha value is -1.39. The molecule has 18 heavy (non-hydrogen) atoms. The quantitative estimate of drug-likeness (QED) is 0.869. The van der Waals surface area contributed by atoms with Gasteiger partial charge in [0.15, 0.2) is 0 Å². The fraction of sp³-hybridized carbons (Fsp3) is 0.357. The van der Waals surface area contributed by atoms with Crippen LogP contribution in [0.4, 0.5) is 0 Å². The second-order valence-corrected chi connectivity index (χ2v) is 5.07. The van der Waals surface area contributed by atoms with Crippen molar-refractivity contribution in [3.05, 3.63) is 46.4 Å². The molecule has 96 valence electrons. The number of thiazole rings is 1. The van der Waals surface area contributed by atoms with Gasteiger partial charge in [0.1, 0.15) is 5.75 Å². The van der Waals surface area contributed by atoms with E-state index < -0.39 is 0 Å². The van der Waals surface area contributed by atoms with E-state index in [4.69, 9.17) is 4.74 Å². The van der Waals surface area contributed by atoms with Gasteiger partial charge >= 0.3 is 0 Å². The van der Waals surface area contributed by atoms with E-state index in [9.17, 15) is 0 Å². The van der Waals surface area contributed by atoms with Crippen molar-refractivity contribution in [2.45, 2.75) is 19.4 Å². The highest BCUT2D eigenvalue weighted by Gasteiger charge is 2.09. The lowest BCUT2D eigenvalue weighted by Gasteiger charge is -2.16. The monoisotopic (exact) mass is 262 g/mol. The van der Waals surface area contributed by atoms with Crippen LogP contribution in [0.2, 0.25) is 0 Å². The first kappa shape index (κ1) is 13.1. The lowest BCUT2D eigenvalue weighted by Crippen LogP contribution is -2.21. The summed E-state index contributed by atoms with van der Waals surface area (Å²) in [6, 6.07) is 8.40. The van der Waals surface area contributed by atoms with Crippen molar-refractivity contribution in [2.24, 2.45) is 0 Å². The maximum atomic E-state index is 5.37. The summed E-state index contributed by atoms with van der Waals surface area (Å²) < 4.78 is 5.37. The zero-order chi connectivity index (χ0) is 12.8. The molecule has 0 saturated carbocycles. The summed E-state index contributed by atoms with van der Waals surface area (Å²) >= 11 is 1.70. The van der Waals surface area contributed by atoms with Crippen LogP contribution in [0.3, 0.4) is 0 Å². The molecule has 1 atom stereocenters. The molecule has 0 radical (unpaired) electrons. The van der Waals surface area contributed by atoms with E-state index >= 15 is 0 Å². The van der Waals surface area contributed by atoms with Crippen LogP contribution < -0.4 is 10.1 Å². The molecule has 1 aromatic heterocycles. The molecule has 0 aliphatic carbocycles. The summed E-state index contributed by atoms with van der Waals surface area (Å²) in [6.07, 6.45) is 2.82. The van der Waals surface area contributed by atoms with Crippen LogP contribution in [0.25, 0.3) is 0 Å². The zero-order valence-corrected chi connectivity index (χ0v) is 11.5. The van der Waals surface area contributed by atoms with Crippen LogP contribution in [0.1, 0.15) is 23.5 Å². The predicted molar refractivity (Wildman–Crippen MR) is 75.2 cm³/mol. The third-order valence-electron chi connectivity index (χ3n) is 2.88. The van der Waals surface area contributed by atoms with E-state index in [1.54, 1.807) is 18.4 Å². The zero-order valence-electron chi connectivity index (χ0n) is 10.7. The molecule has 0 spiro atoms. The van der Waals surface area contributed by atoms with Gasteiger partial charge in [0, 0.05) is 36.1 Å². The standard InChI is InChI=1S/C14H18N2OS/c1-11(12-5-3-4-6-13(12)17-2)15-8-7-14-16-9-10-18-14/h3-6,9-11,15H,7-8H2,1-2H3. The van der Waals surface area contributed by atoms with Gasteiger partial charge in [-0.15, -0.1) is 11.3 Å². The van der Waals surface area contributed by atoms with E-state index in [1.807, 2.05) is 29.8 Å². The van der Waals surface area contributed by atoms with Gasteiger partial charge in [0.25, 0.3) is 0 Å². The van der Waals surface area contributed by atoms with Gasteiger partial charge in [0.05, 0.1) is 12.1 Å². The van der Waals surface area contributed by atoms with Gasteiger partial charge < -0.3 is 10.1 Å². The average Bonchev–Trinajstić information content (AvgIpc) is 2.91. The molecule has 0 aliphatic heterocycles.